The topological polar surface area (TPSA) is 105 Å². The third-order valence-corrected chi connectivity index (χ3v) is 7.44. The van der Waals surface area contributed by atoms with E-state index in [0.717, 1.165) is 23.0 Å². The second-order valence-corrected chi connectivity index (χ2v) is 10.9. The van der Waals surface area contributed by atoms with Crippen molar-refractivity contribution in [3.63, 3.8) is 0 Å². The highest BCUT2D eigenvalue weighted by molar-refractivity contribution is 7.86. The number of carbonyl (C=O) groups excluding carboxylic acids is 1. The molecular weight excluding hydrogens is 500 g/mol. The molecule has 3 aromatic carbocycles. The molecule has 1 aromatic heterocycles. The molecule has 8 nitrogen and oxygen atoms in total. The molecular formula is C29H34N4O4S. The van der Waals surface area contributed by atoms with Crippen LogP contribution in [0.1, 0.15) is 49.2 Å². The van der Waals surface area contributed by atoms with Gasteiger partial charge in [0.25, 0.3) is 0 Å². The first-order chi connectivity index (χ1) is 18.3. The van der Waals surface area contributed by atoms with Crippen molar-refractivity contribution in [1.82, 2.24) is 14.9 Å². The molecule has 4 rings (SSSR count). The number of esters is 1. The Morgan fingerprint density at radius 2 is 1.89 bits per heavy atom. The normalized spacial score (nSPS) is 13.3. The van der Waals surface area contributed by atoms with E-state index in [0.29, 0.717) is 35.8 Å². The lowest BCUT2D eigenvalue weighted by Crippen LogP contribution is -2.42. The van der Waals surface area contributed by atoms with Crippen molar-refractivity contribution < 1.29 is 18.8 Å². The highest BCUT2D eigenvalue weighted by atomic mass is 32.2. The van der Waals surface area contributed by atoms with Crippen LogP contribution in [-0.4, -0.2) is 43.5 Å². The average molecular weight is 535 g/mol. The number of fused-ring (bicyclic) bond motifs is 1. The second kappa shape index (κ2) is 12.3. The number of aromatic nitrogens is 2. The highest BCUT2D eigenvalue weighted by Crippen LogP contribution is 2.22. The van der Waals surface area contributed by atoms with Gasteiger partial charge in [-0.2, -0.15) is 0 Å². The number of anilines is 1. The van der Waals surface area contributed by atoms with E-state index in [9.17, 15) is 14.1 Å². The Bertz CT molecular complexity index is 1400. The van der Waals surface area contributed by atoms with Crippen LogP contribution in [0, 0.1) is 0 Å². The number of imidazole rings is 1. The number of aryl methyl sites for hydroxylation is 1. The van der Waals surface area contributed by atoms with Gasteiger partial charge < -0.3 is 24.4 Å². The lowest BCUT2D eigenvalue weighted by atomic mass is 9.99. The first-order valence-electron chi connectivity index (χ1n) is 12.6. The fourth-order valence-corrected chi connectivity index (χ4v) is 4.94. The maximum Gasteiger partial charge on any atom is 0.338 e. The number of aliphatic hydroxyl groups is 1. The number of nitrogens with one attached hydrogen (secondary N) is 2. The van der Waals surface area contributed by atoms with E-state index in [-0.39, 0.29) is 11.5 Å². The third-order valence-electron chi connectivity index (χ3n) is 6.32. The molecule has 9 heteroatoms. The molecule has 0 spiro atoms. The van der Waals surface area contributed by atoms with Gasteiger partial charge in [-0.05, 0) is 75.2 Å². The van der Waals surface area contributed by atoms with Crippen molar-refractivity contribution in [1.29, 1.82) is 0 Å². The molecule has 4 aromatic rings. The molecule has 0 bridgehead atoms. The van der Waals surface area contributed by atoms with E-state index in [1.54, 1.807) is 31.5 Å². The molecule has 2 atom stereocenters. The summed E-state index contributed by atoms with van der Waals surface area (Å²) < 4.78 is 22.7. The van der Waals surface area contributed by atoms with Crippen molar-refractivity contribution in [3.8, 4) is 0 Å². The summed E-state index contributed by atoms with van der Waals surface area (Å²) in [7, 11) is -1.39. The van der Waals surface area contributed by atoms with Crippen LogP contribution in [0.3, 0.4) is 0 Å². The number of hydrogen-bond acceptors (Lipinski definition) is 6. The Balaban J connectivity index is 1.34. The van der Waals surface area contributed by atoms with E-state index in [1.807, 2.05) is 59.2 Å². The van der Waals surface area contributed by atoms with Crippen LogP contribution in [0.25, 0.3) is 11.0 Å². The molecule has 0 amide bonds. The summed E-state index contributed by atoms with van der Waals surface area (Å²) in [5, 5.41) is 14.3. The quantitative estimate of drug-likeness (QED) is 0.225. The first-order valence-corrected chi connectivity index (χ1v) is 13.8. The van der Waals surface area contributed by atoms with E-state index < -0.39 is 17.1 Å². The van der Waals surface area contributed by atoms with Crippen molar-refractivity contribution in [2.24, 2.45) is 0 Å². The van der Waals surface area contributed by atoms with Crippen molar-refractivity contribution in [3.05, 3.63) is 90.3 Å². The number of aliphatic hydroxyl groups excluding tert-OH is 1. The lowest BCUT2D eigenvalue weighted by Gasteiger charge is -2.28. The molecule has 200 valence electrons. The monoisotopic (exact) mass is 534 g/mol. The van der Waals surface area contributed by atoms with E-state index in [1.165, 1.54) is 0 Å². The maximum absolute atomic E-state index is 12.6. The zero-order valence-electron chi connectivity index (χ0n) is 21.9. The fraction of sp³-hybridized carbons (Fsp3) is 0.310. The Hall–Kier alpha value is -3.53. The van der Waals surface area contributed by atoms with Crippen molar-refractivity contribution >= 4 is 33.7 Å². The average Bonchev–Trinajstić information content (AvgIpc) is 3.34. The standard InChI is InChI=1S/C29H34N4O4S/c1-4-37-28(35)22-13-14-25-26(18-22)33(20-30-25)16-15-29(2,3)31-19-27(34)21-9-8-10-23(17-21)32-38(36)24-11-6-5-7-12-24/h5-14,17-18,20,27,31-32,34H,4,15-16,19H2,1-3H3. The van der Waals surface area contributed by atoms with Gasteiger partial charge in [-0.15, -0.1) is 0 Å². The van der Waals surface area contributed by atoms with E-state index >= 15 is 0 Å². The lowest BCUT2D eigenvalue weighted by molar-refractivity contribution is 0.0526. The highest BCUT2D eigenvalue weighted by Gasteiger charge is 2.20. The molecule has 1 heterocycles. The number of rotatable bonds is 12. The molecule has 0 aliphatic heterocycles. The minimum absolute atomic E-state index is 0.277. The minimum Gasteiger partial charge on any atom is -0.462 e. The molecule has 0 saturated carbocycles. The van der Waals surface area contributed by atoms with Gasteiger partial charge in [-0.3, -0.25) is 0 Å². The fourth-order valence-electron chi connectivity index (χ4n) is 4.07. The van der Waals surface area contributed by atoms with Gasteiger partial charge in [0.05, 0.1) is 40.5 Å². The predicted octanol–water partition coefficient (Wildman–Crippen LogP) is 4.84. The van der Waals surface area contributed by atoms with Crippen LogP contribution in [0.4, 0.5) is 5.69 Å². The zero-order valence-corrected chi connectivity index (χ0v) is 22.7. The largest absolute Gasteiger partial charge is 0.462 e. The number of nitrogens with zero attached hydrogens (tertiary/aromatic N) is 2. The maximum atomic E-state index is 12.6. The van der Waals surface area contributed by atoms with E-state index in [4.69, 9.17) is 4.74 Å². The molecule has 0 aliphatic rings. The summed E-state index contributed by atoms with van der Waals surface area (Å²) in [6, 6.07) is 21.9. The molecule has 2 unspecified atom stereocenters. The zero-order chi connectivity index (χ0) is 27.1. The smallest absolute Gasteiger partial charge is 0.338 e. The van der Waals surface area contributed by atoms with Crippen LogP contribution >= 0.6 is 0 Å². The van der Waals surface area contributed by atoms with Gasteiger partial charge >= 0.3 is 5.97 Å². The van der Waals surface area contributed by atoms with Crippen LogP contribution in [-0.2, 0) is 22.3 Å². The molecule has 38 heavy (non-hydrogen) atoms. The van der Waals surface area contributed by atoms with Crippen LogP contribution < -0.4 is 10.0 Å². The molecule has 0 radical (unpaired) electrons. The number of carbonyl (C=O) groups is 1. The third kappa shape index (κ3) is 7.06. The van der Waals surface area contributed by atoms with Gasteiger partial charge in [-0.1, -0.05) is 30.3 Å². The number of benzene rings is 3. The summed E-state index contributed by atoms with van der Waals surface area (Å²) in [6.07, 6.45) is 1.82. The predicted molar refractivity (Wildman–Crippen MR) is 150 cm³/mol. The van der Waals surface area contributed by atoms with Crippen LogP contribution in [0.2, 0.25) is 0 Å². The summed E-state index contributed by atoms with van der Waals surface area (Å²) in [5.74, 6) is -0.344. The minimum atomic E-state index is -1.39. The summed E-state index contributed by atoms with van der Waals surface area (Å²) >= 11 is 0. The Kier molecular flexibility index (Phi) is 8.93. The van der Waals surface area contributed by atoms with Crippen LogP contribution in [0.15, 0.2) is 84.0 Å². The number of ether oxygens (including phenoxy) is 1. The summed E-state index contributed by atoms with van der Waals surface area (Å²) in [6.45, 7) is 7.33. The Morgan fingerprint density at radius 3 is 2.66 bits per heavy atom. The Labute approximate surface area is 225 Å². The summed E-state index contributed by atoms with van der Waals surface area (Å²) in [5.41, 5.74) is 3.34. The van der Waals surface area contributed by atoms with E-state index in [2.05, 4.69) is 28.9 Å². The SMILES string of the molecule is CCOC(=O)c1ccc2ncn(CCC(C)(C)NCC(O)c3cccc(NS(=O)c4ccccc4)c3)c2c1. The van der Waals surface area contributed by atoms with Gasteiger partial charge in [0, 0.05) is 24.3 Å². The molecule has 0 fully saturated rings. The van der Waals surface area contributed by atoms with Gasteiger partial charge in [0.1, 0.15) is 11.0 Å². The molecule has 0 aliphatic carbocycles. The first kappa shape index (κ1) is 27.5. The van der Waals surface area contributed by atoms with Gasteiger partial charge in [-0.25, -0.2) is 14.0 Å². The summed E-state index contributed by atoms with van der Waals surface area (Å²) in [4.78, 5) is 17.3. The number of β-amino-alcohol motifs (C(OH)–C–C–N with tert-alkyl or cyclic N) is 1. The van der Waals surface area contributed by atoms with Gasteiger partial charge in [0.15, 0.2) is 0 Å². The second-order valence-electron chi connectivity index (χ2n) is 9.70. The molecule has 3 N–H and O–H groups in total. The van der Waals surface area contributed by atoms with Crippen molar-refractivity contribution in [2.75, 3.05) is 17.9 Å². The van der Waals surface area contributed by atoms with Gasteiger partial charge in [0.2, 0.25) is 0 Å². The van der Waals surface area contributed by atoms with Crippen molar-refractivity contribution in [2.45, 2.75) is 50.3 Å². The Morgan fingerprint density at radius 1 is 1.11 bits per heavy atom. The van der Waals surface area contributed by atoms with Crippen LogP contribution in [0.5, 0.6) is 0 Å². The molecule has 0 saturated heterocycles. The number of hydrogen-bond donors (Lipinski definition) is 3.